The van der Waals surface area contributed by atoms with Crippen LogP contribution in [0.3, 0.4) is 0 Å². The van der Waals surface area contributed by atoms with Crippen molar-refractivity contribution in [1.29, 1.82) is 0 Å². The Balaban J connectivity index is 1.62. The standard InChI is InChI=1S/C25H25BrN2O4/c1-15-13-19-20(14-16(15)2)32-24-21(23(19)29)22(17-3-5-18(26)6-4-17)28(25(24)30)8-7-27-9-11-31-12-10-27/h3-6,13-14,22H,7-12H2,1-2H3. The Labute approximate surface area is 194 Å². The van der Waals surface area contributed by atoms with Crippen LogP contribution in [0.15, 0.2) is 50.1 Å². The molecular formula is C25H25BrN2O4. The molecule has 0 bridgehead atoms. The first-order valence-corrected chi connectivity index (χ1v) is 11.7. The Bertz CT molecular complexity index is 1250. The van der Waals surface area contributed by atoms with Gasteiger partial charge in [0, 0.05) is 30.7 Å². The van der Waals surface area contributed by atoms with E-state index in [1.165, 1.54) is 0 Å². The summed E-state index contributed by atoms with van der Waals surface area (Å²) in [5.74, 6) is -0.0564. The van der Waals surface area contributed by atoms with Gasteiger partial charge in [-0.1, -0.05) is 28.1 Å². The molecule has 1 amide bonds. The second-order valence-electron chi connectivity index (χ2n) is 8.51. The fourth-order valence-corrected chi connectivity index (χ4v) is 4.84. The monoisotopic (exact) mass is 496 g/mol. The zero-order valence-corrected chi connectivity index (χ0v) is 19.8. The number of halogens is 1. The number of hydrogen-bond donors (Lipinski definition) is 0. The highest BCUT2D eigenvalue weighted by Gasteiger charge is 2.42. The van der Waals surface area contributed by atoms with Crippen molar-refractivity contribution in [2.24, 2.45) is 0 Å². The van der Waals surface area contributed by atoms with Gasteiger partial charge < -0.3 is 14.1 Å². The van der Waals surface area contributed by atoms with E-state index in [0.717, 1.165) is 40.8 Å². The van der Waals surface area contributed by atoms with Gasteiger partial charge >= 0.3 is 0 Å². The molecule has 2 aliphatic heterocycles. The van der Waals surface area contributed by atoms with Crippen molar-refractivity contribution < 1.29 is 13.9 Å². The molecule has 7 heteroatoms. The minimum Gasteiger partial charge on any atom is -0.450 e. The summed E-state index contributed by atoms with van der Waals surface area (Å²) in [6, 6.07) is 11.1. The molecule has 32 heavy (non-hydrogen) atoms. The third kappa shape index (κ3) is 3.68. The van der Waals surface area contributed by atoms with E-state index in [2.05, 4.69) is 20.8 Å². The average molecular weight is 497 g/mol. The Morgan fingerprint density at radius 2 is 1.69 bits per heavy atom. The molecule has 0 aliphatic carbocycles. The molecule has 5 rings (SSSR count). The molecule has 1 saturated heterocycles. The van der Waals surface area contributed by atoms with Crippen molar-refractivity contribution in [3.63, 3.8) is 0 Å². The molecule has 3 aromatic rings. The van der Waals surface area contributed by atoms with Crippen molar-refractivity contribution >= 4 is 32.8 Å². The molecule has 1 aromatic heterocycles. The first-order chi connectivity index (χ1) is 15.4. The van der Waals surface area contributed by atoms with Gasteiger partial charge in [0.1, 0.15) is 5.58 Å². The van der Waals surface area contributed by atoms with Crippen LogP contribution in [-0.2, 0) is 4.74 Å². The number of rotatable bonds is 4. The van der Waals surface area contributed by atoms with Gasteiger partial charge in [0.15, 0.2) is 5.43 Å². The maximum Gasteiger partial charge on any atom is 0.290 e. The largest absolute Gasteiger partial charge is 0.450 e. The minimum atomic E-state index is -0.464. The fraction of sp³-hybridized carbons (Fsp3) is 0.360. The quantitative estimate of drug-likeness (QED) is 0.545. The number of fused-ring (bicyclic) bond motifs is 2. The van der Waals surface area contributed by atoms with Gasteiger partial charge in [0.2, 0.25) is 5.76 Å². The summed E-state index contributed by atoms with van der Waals surface area (Å²) in [6.45, 7) is 8.29. The number of benzene rings is 2. The third-order valence-electron chi connectivity index (χ3n) is 6.53. The predicted octanol–water partition coefficient (Wildman–Crippen LogP) is 4.05. The highest BCUT2D eigenvalue weighted by atomic mass is 79.9. The van der Waals surface area contributed by atoms with Gasteiger partial charge in [-0.05, 0) is 54.8 Å². The van der Waals surface area contributed by atoms with Gasteiger partial charge in [0.25, 0.3) is 5.91 Å². The lowest BCUT2D eigenvalue weighted by Crippen LogP contribution is -2.42. The Kier molecular flexibility index (Phi) is 5.65. The molecule has 166 valence electrons. The lowest BCUT2D eigenvalue weighted by molar-refractivity contribution is 0.0314. The number of hydrogen-bond acceptors (Lipinski definition) is 5. The smallest absolute Gasteiger partial charge is 0.290 e. The van der Waals surface area contributed by atoms with Gasteiger partial charge in [0.05, 0.1) is 30.2 Å². The molecule has 6 nitrogen and oxygen atoms in total. The molecule has 0 saturated carbocycles. The van der Waals surface area contributed by atoms with E-state index in [-0.39, 0.29) is 17.1 Å². The molecule has 0 radical (unpaired) electrons. The molecule has 1 fully saturated rings. The summed E-state index contributed by atoms with van der Waals surface area (Å²) >= 11 is 3.48. The van der Waals surface area contributed by atoms with Crippen LogP contribution >= 0.6 is 15.9 Å². The normalized spacial score (nSPS) is 19.0. The van der Waals surface area contributed by atoms with Crippen molar-refractivity contribution in [1.82, 2.24) is 9.80 Å². The van der Waals surface area contributed by atoms with E-state index in [1.807, 2.05) is 50.2 Å². The lowest BCUT2D eigenvalue weighted by Gasteiger charge is -2.31. The molecule has 1 atom stereocenters. The van der Waals surface area contributed by atoms with E-state index in [9.17, 15) is 9.59 Å². The molecule has 3 heterocycles. The number of morpholine rings is 1. The van der Waals surface area contributed by atoms with Crippen LogP contribution in [0.4, 0.5) is 0 Å². The molecule has 0 spiro atoms. The van der Waals surface area contributed by atoms with E-state index < -0.39 is 6.04 Å². The number of ether oxygens (including phenoxy) is 1. The first-order valence-electron chi connectivity index (χ1n) is 10.9. The topological polar surface area (TPSA) is 63.0 Å². The highest BCUT2D eigenvalue weighted by molar-refractivity contribution is 9.10. The lowest BCUT2D eigenvalue weighted by atomic mass is 9.97. The van der Waals surface area contributed by atoms with E-state index >= 15 is 0 Å². The first kappa shape index (κ1) is 21.4. The number of carbonyl (C=O) groups is 1. The Morgan fingerprint density at radius 3 is 2.41 bits per heavy atom. The van der Waals surface area contributed by atoms with Gasteiger partial charge in [-0.15, -0.1) is 0 Å². The van der Waals surface area contributed by atoms with Crippen LogP contribution in [0, 0.1) is 13.8 Å². The van der Waals surface area contributed by atoms with Crippen molar-refractivity contribution in [2.75, 3.05) is 39.4 Å². The van der Waals surface area contributed by atoms with E-state index in [0.29, 0.717) is 36.3 Å². The van der Waals surface area contributed by atoms with Crippen molar-refractivity contribution in [3.05, 3.63) is 79.1 Å². The average Bonchev–Trinajstić information content (AvgIpc) is 3.07. The Hall–Kier alpha value is -2.48. The summed E-state index contributed by atoms with van der Waals surface area (Å²) in [5, 5.41) is 0.525. The SMILES string of the molecule is Cc1cc2oc3c(c(=O)c2cc1C)C(c1ccc(Br)cc1)N(CCN1CCOCC1)C3=O. The molecular weight excluding hydrogens is 472 g/mol. The van der Waals surface area contributed by atoms with E-state index in [1.54, 1.807) is 4.90 Å². The molecule has 1 unspecified atom stereocenters. The summed E-state index contributed by atoms with van der Waals surface area (Å²) < 4.78 is 12.5. The second kappa shape index (κ2) is 8.46. The van der Waals surface area contributed by atoms with Gasteiger partial charge in [-0.25, -0.2) is 0 Å². The molecule has 2 aromatic carbocycles. The van der Waals surface area contributed by atoms with Crippen LogP contribution in [0.2, 0.25) is 0 Å². The van der Waals surface area contributed by atoms with Crippen LogP contribution < -0.4 is 5.43 Å². The third-order valence-corrected chi connectivity index (χ3v) is 7.06. The summed E-state index contributed by atoms with van der Waals surface area (Å²) in [5.41, 5.74) is 3.74. The van der Waals surface area contributed by atoms with Crippen LogP contribution in [-0.4, -0.2) is 55.1 Å². The number of amides is 1. The molecule has 2 aliphatic rings. The highest BCUT2D eigenvalue weighted by Crippen LogP contribution is 2.38. The number of aryl methyl sites for hydroxylation is 2. The van der Waals surface area contributed by atoms with Crippen molar-refractivity contribution in [3.8, 4) is 0 Å². The second-order valence-corrected chi connectivity index (χ2v) is 9.43. The fourth-order valence-electron chi connectivity index (χ4n) is 4.57. The van der Waals surface area contributed by atoms with Crippen molar-refractivity contribution in [2.45, 2.75) is 19.9 Å². The maximum absolute atomic E-state index is 13.7. The zero-order valence-electron chi connectivity index (χ0n) is 18.2. The zero-order chi connectivity index (χ0) is 22.4. The van der Waals surface area contributed by atoms with Crippen LogP contribution in [0.25, 0.3) is 11.0 Å². The maximum atomic E-state index is 13.7. The van der Waals surface area contributed by atoms with E-state index in [4.69, 9.17) is 9.15 Å². The van der Waals surface area contributed by atoms with Crippen LogP contribution in [0.5, 0.6) is 0 Å². The minimum absolute atomic E-state index is 0.125. The molecule has 0 N–H and O–H groups in total. The van der Waals surface area contributed by atoms with Gasteiger partial charge in [-0.2, -0.15) is 0 Å². The number of nitrogens with zero attached hydrogens (tertiary/aromatic N) is 2. The van der Waals surface area contributed by atoms with Crippen LogP contribution in [0.1, 0.15) is 38.9 Å². The predicted molar refractivity (Wildman–Crippen MR) is 126 cm³/mol. The summed E-state index contributed by atoms with van der Waals surface area (Å²) in [6.07, 6.45) is 0. The van der Waals surface area contributed by atoms with Gasteiger partial charge in [-0.3, -0.25) is 14.5 Å². The Morgan fingerprint density at radius 1 is 1.00 bits per heavy atom. The number of carbonyl (C=O) groups excluding carboxylic acids is 1. The summed E-state index contributed by atoms with van der Waals surface area (Å²) in [7, 11) is 0. The summed E-state index contributed by atoms with van der Waals surface area (Å²) in [4.78, 5) is 31.2.